The van der Waals surface area contributed by atoms with Gasteiger partial charge in [0.2, 0.25) is 0 Å². The van der Waals surface area contributed by atoms with E-state index in [0.29, 0.717) is 0 Å². The second kappa shape index (κ2) is 14.1. The third kappa shape index (κ3) is 8.22. The van der Waals surface area contributed by atoms with E-state index in [1.807, 2.05) is 0 Å². The van der Waals surface area contributed by atoms with Gasteiger partial charge in [0.15, 0.2) is 0 Å². The second-order valence-corrected chi connectivity index (χ2v) is 14.7. The van der Waals surface area contributed by atoms with Crippen LogP contribution in [0.5, 0.6) is 0 Å². The van der Waals surface area contributed by atoms with E-state index in [4.69, 9.17) is 5.11 Å². The number of carboxylic acid groups (broad SMARTS) is 1. The van der Waals surface area contributed by atoms with E-state index in [1.54, 1.807) is 0 Å². The molecule has 0 saturated heterocycles. The van der Waals surface area contributed by atoms with Crippen LogP contribution in [0.4, 0.5) is 92.2 Å². The van der Waals surface area contributed by atoms with Crippen LogP contribution < -0.4 is 0 Å². The molecule has 9 nitrogen and oxygen atoms in total. The summed E-state index contributed by atoms with van der Waals surface area (Å²) >= 11 is 0. The van der Waals surface area contributed by atoms with E-state index >= 15 is 0 Å². The van der Waals surface area contributed by atoms with Gasteiger partial charge in [0.1, 0.15) is 6.54 Å². The van der Waals surface area contributed by atoms with Crippen LogP contribution in [0.15, 0.2) is 0 Å². The number of hydrogen-bond acceptors (Lipinski definition) is 6. The molecule has 0 amide bonds. The predicted molar refractivity (Wildman–Crippen MR) is 124 cm³/mol. The van der Waals surface area contributed by atoms with Crippen molar-refractivity contribution in [2.24, 2.45) is 0 Å². The summed E-state index contributed by atoms with van der Waals surface area (Å²) in [5.74, 6) is -77.2. The Balaban J connectivity index is 7.04. The summed E-state index contributed by atoms with van der Waals surface area (Å²) in [6, 6.07) is 0. The van der Waals surface area contributed by atoms with E-state index in [2.05, 4.69) is 0 Å². The van der Waals surface area contributed by atoms with Crippen molar-refractivity contribution in [3.05, 3.63) is 0 Å². The van der Waals surface area contributed by atoms with E-state index in [9.17, 15) is 118 Å². The molecule has 312 valence electrons. The van der Waals surface area contributed by atoms with Crippen molar-refractivity contribution >= 4 is 26.1 Å². The van der Waals surface area contributed by atoms with Crippen LogP contribution in [0.25, 0.3) is 0 Å². The molecule has 52 heavy (non-hydrogen) atoms. The average Bonchev–Trinajstić information content (AvgIpc) is 2.89. The minimum atomic E-state index is -9.50. The van der Waals surface area contributed by atoms with Gasteiger partial charge in [0, 0.05) is 25.1 Å². The predicted octanol–water partition coefficient (Wildman–Crippen LogP) is 5.34. The lowest BCUT2D eigenvalue weighted by Crippen LogP contribution is -2.77. The molecule has 0 heterocycles. The number of rotatable bonds is 20. The molecule has 0 aliphatic heterocycles. The Morgan fingerprint density at radius 3 is 1.19 bits per heavy atom. The highest BCUT2D eigenvalue weighted by Crippen LogP contribution is 2.66. The van der Waals surface area contributed by atoms with Gasteiger partial charge in [-0.3, -0.25) is 4.79 Å². The van der Waals surface area contributed by atoms with Gasteiger partial charge in [-0.1, -0.05) is 0 Å². The highest BCUT2D eigenvalue weighted by Gasteiger charge is 2.98. The lowest BCUT2D eigenvalue weighted by Gasteiger charge is -2.44. The van der Waals surface area contributed by atoms with E-state index in [-0.39, 0.29) is 6.54 Å². The minimum Gasteiger partial charge on any atom is -0.748 e. The summed E-state index contributed by atoms with van der Waals surface area (Å²) in [7, 11) is -10.6. The third-order valence-electron chi connectivity index (χ3n) is 6.79. The highest BCUT2D eigenvalue weighted by atomic mass is 32.2. The maximum Gasteiger partial charge on any atom is 0.460 e. The molecule has 1 N–H and O–H groups in total. The van der Waals surface area contributed by atoms with Crippen LogP contribution in [-0.2, 0) is 24.9 Å². The first-order valence-corrected chi connectivity index (χ1v) is 15.7. The fraction of sp³-hybridized carbons (Fsp3) is 0.950. The Kier molecular flexibility index (Phi) is 13.5. The van der Waals surface area contributed by atoms with Gasteiger partial charge < -0.3 is 14.1 Å². The van der Waals surface area contributed by atoms with Crippen molar-refractivity contribution in [1.82, 2.24) is 4.31 Å². The molecule has 32 heteroatoms. The second-order valence-electron chi connectivity index (χ2n) is 11.2. The van der Waals surface area contributed by atoms with Crippen LogP contribution in [0.3, 0.4) is 0 Å². The highest BCUT2D eigenvalue weighted by molar-refractivity contribution is 7.90. The first-order valence-electron chi connectivity index (χ1n) is 12.7. The van der Waals surface area contributed by atoms with Crippen LogP contribution in [-0.4, -0.2) is 146 Å². The number of alkyl halides is 21. The maximum absolute atomic E-state index is 14.6. The monoisotopic (exact) mass is 864 g/mol. The molecule has 0 spiro atoms. The number of hydrogen-bond donors (Lipinski definition) is 1. The smallest absolute Gasteiger partial charge is 0.460 e. The number of sulfonamides is 1. The molecular weight excluding hydrogens is 843 g/mol. The van der Waals surface area contributed by atoms with Crippen LogP contribution in [0, 0.1) is 0 Å². The molecule has 0 radical (unpaired) electrons. The minimum absolute atomic E-state index is 0.361. The number of carboxylic acids is 1. The summed E-state index contributed by atoms with van der Waals surface area (Å²) in [4.78, 5) is 11.0. The summed E-state index contributed by atoms with van der Waals surface area (Å²) in [5.41, 5.74) is 0. The van der Waals surface area contributed by atoms with Crippen molar-refractivity contribution in [3.8, 4) is 0 Å². The number of aliphatic carboxylic acids is 1. The molecule has 0 rings (SSSR count). The van der Waals surface area contributed by atoms with E-state index < -0.39 is 132 Å². The van der Waals surface area contributed by atoms with Crippen LogP contribution >= 0.6 is 0 Å². The molecule has 0 aromatic heterocycles. The molecule has 0 aliphatic rings. The number of halogens is 21. The summed E-state index contributed by atoms with van der Waals surface area (Å²) in [6.45, 7) is -5.39. The Bertz CT molecular complexity index is 1510. The van der Waals surface area contributed by atoms with Gasteiger partial charge >= 0.3 is 64.8 Å². The number of quaternary nitrogens is 1. The average molecular weight is 864 g/mol. The van der Waals surface area contributed by atoms with Crippen LogP contribution in [0.1, 0.15) is 12.8 Å². The van der Waals surface area contributed by atoms with E-state index in [0.717, 1.165) is 14.1 Å². The van der Waals surface area contributed by atoms with E-state index in [1.165, 1.54) is 0 Å². The molecular formula is C20H21F21N2O7S2. The maximum atomic E-state index is 14.6. The topological polar surface area (TPSA) is 132 Å². The van der Waals surface area contributed by atoms with Gasteiger partial charge in [-0.15, -0.1) is 0 Å². The van der Waals surface area contributed by atoms with Crippen molar-refractivity contribution in [2.75, 3.05) is 46.0 Å². The Morgan fingerprint density at radius 1 is 0.577 bits per heavy atom. The lowest BCUT2D eigenvalue weighted by atomic mass is 9.87. The number of nitrogens with zero attached hydrogens (tertiary/aromatic N) is 2. The largest absolute Gasteiger partial charge is 0.748 e. The van der Waals surface area contributed by atoms with Crippen molar-refractivity contribution in [1.29, 1.82) is 0 Å². The molecule has 0 fully saturated rings. The molecule has 0 bridgehead atoms. The fourth-order valence-electron chi connectivity index (χ4n) is 3.76. The summed E-state index contributed by atoms with van der Waals surface area (Å²) < 4.78 is 341. The molecule has 0 unspecified atom stereocenters. The van der Waals surface area contributed by atoms with Crippen molar-refractivity contribution in [3.63, 3.8) is 0 Å². The quantitative estimate of drug-likeness (QED) is 0.0994. The van der Waals surface area contributed by atoms with Gasteiger partial charge in [0.05, 0.1) is 37.3 Å². The zero-order valence-electron chi connectivity index (χ0n) is 25.0. The Hall–Kier alpha value is -2.22. The Morgan fingerprint density at radius 2 is 0.885 bits per heavy atom. The lowest BCUT2D eigenvalue weighted by molar-refractivity contribution is -0.890. The summed E-state index contributed by atoms with van der Waals surface area (Å²) in [6.07, 6.45) is -9.69. The fourth-order valence-corrected chi connectivity index (χ4v) is 5.67. The molecule has 0 aromatic rings. The zero-order chi connectivity index (χ0) is 42.6. The van der Waals surface area contributed by atoms with Crippen molar-refractivity contribution < 1.29 is 128 Å². The zero-order valence-corrected chi connectivity index (χ0v) is 26.6. The number of carbonyl (C=O) groups is 1. The molecule has 0 atom stereocenters. The normalized spacial score (nSPS) is 16.1. The third-order valence-corrected chi connectivity index (χ3v) is 9.47. The first-order chi connectivity index (χ1) is 22.2. The molecule has 0 saturated carbocycles. The van der Waals surface area contributed by atoms with Crippen LogP contribution in [0.2, 0.25) is 0 Å². The van der Waals surface area contributed by atoms with Crippen molar-refractivity contribution in [2.45, 2.75) is 71.7 Å². The Labute approximate surface area is 276 Å². The van der Waals surface area contributed by atoms with Gasteiger partial charge in [-0.05, 0) is 0 Å². The van der Waals surface area contributed by atoms with Gasteiger partial charge in [-0.2, -0.15) is 96.5 Å². The molecule has 0 aromatic carbocycles. The summed E-state index contributed by atoms with van der Waals surface area (Å²) in [5, 5.41) is 0.638. The molecule has 0 aliphatic carbocycles. The van der Waals surface area contributed by atoms with Gasteiger partial charge in [0.25, 0.3) is 10.0 Å². The first kappa shape index (κ1) is 49.8. The SMILES string of the molecule is C[N+](C)(CCCN(CC(=O)O)S(=O)(=O)C(F)(F)C(F)(F)C(F)(F)C(F)(F)C(F)(F)C(F)(F)C(F)(F)C(F)(F)C(F)(F)C(F)(F)F)CCCS(=O)(=O)[O-]. The van der Waals surface area contributed by atoms with Gasteiger partial charge in [-0.25, -0.2) is 16.8 Å². The standard InChI is InChI=1S/C20H21F21N2O7S2/c1-43(2,7-4-8-51(46,47)48)6-3-5-42(9-10(44)45)52(49,50)20(40,41)18(35,36)16(31,32)14(27,28)12(23,24)11(21,22)13(25,26)15(29,30)17(33,34)19(37,38)39/h3-9H2,1-2H3,(H-,44,45,46,47,48).